The lowest BCUT2D eigenvalue weighted by Gasteiger charge is -2.26. The highest BCUT2D eigenvalue weighted by Crippen LogP contribution is 2.21. The molecule has 48 heavy (non-hydrogen) atoms. The Kier molecular flexibility index (Phi) is 17.1. The number of ether oxygens (including phenoxy) is 1. The van der Waals surface area contributed by atoms with Crippen molar-refractivity contribution >= 4 is 41.3 Å². The number of hydrogen-bond donors (Lipinski definition) is 5. The fourth-order valence-corrected chi connectivity index (χ4v) is 4.43. The number of Topliss-reactive ketones (excluding diaryl/α,β-unsaturated/α-hetero) is 1. The lowest BCUT2D eigenvalue weighted by molar-refractivity contribution is -0.132. The molecule has 0 radical (unpaired) electrons. The Labute approximate surface area is 285 Å². The number of benzene rings is 1. The van der Waals surface area contributed by atoms with Crippen LogP contribution in [0.1, 0.15) is 99.5 Å². The molecule has 0 saturated carbocycles. The number of nitrogens with zero attached hydrogens (tertiary/aromatic N) is 1. The minimum Gasteiger partial charge on any atom is -0.445 e. The van der Waals surface area contributed by atoms with Crippen molar-refractivity contribution in [3.8, 4) is 0 Å². The third-order valence-electron chi connectivity index (χ3n) is 7.60. The summed E-state index contributed by atoms with van der Waals surface area (Å²) in [5, 5.41) is 10.9. The molecule has 0 unspecified atom stereocenters. The minimum absolute atomic E-state index is 0.0158. The summed E-state index contributed by atoms with van der Waals surface area (Å²) in [5.74, 6) is -1.30. The zero-order valence-corrected chi connectivity index (χ0v) is 30.3. The largest absolute Gasteiger partial charge is 0.445 e. The van der Waals surface area contributed by atoms with E-state index in [2.05, 4.69) is 21.3 Å². The van der Waals surface area contributed by atoms with E-state index < -0.39 is 41.4 Å². The molecule has 1 aromatic rings. The molecule has 2 atom stereocenters. The Balaban J connectivity index is 2.82. The molecule has 6 amide bonds. The molecule has 0 saturated heterocycles. The van der Waals surface area contributed by atoms with Gasteiger partial charge in [0.25, 0.3) is 0 Å². The zero-order valence-electron chi connectivity index (χ0n) is 30.3. The summed E-state index contributed by atoms with van der Waals surface area (Å²) in [7, 11) is 1.62. The van der Waals surface area contributed by atoms with Gasteiger partial charge >= 0.3 is 12.1 Å². The second-order valence-corrected chi connectivity index (χ2v) is 14.8. The smallest absolute Gasteiger partial charge is 0.409 e. The number of primary amides is 1. The van der Waals surface area contributed by atoms with E-state index in [1.807, 2.05) is 55.4 Å². The zero-order chi connectivity index (χ0) is 36.7. The van der Waals surface area contributed by atoms with Crippen molar-refractivity contribution < 1.29 is 33.5 Å². The first-order chi connectivity index (χ1) is 22.2. The molecule has 0 spiro atoms. The third kappa shape index (κ3) is 17.1. The first-order valence-corrected chi connectivity index (χ1v) is 16.6. The lowest BCUT2D eigenvalue weighted by atomic mass is 9.88. The molecule has 1 rings (SSSR count). The fourth-order valence-electron chi connectivity index (χ4n) is 4.43. The topological polar surface area (TPSA) is 189 Å². The predicted octanol–water partition coefficient (Wildman–Crippen LogP) is 4.49. The average molecular weight is 675 g/mol. The van der Waals surface area contributed by atoms with E-state index >= 15 is 0 Å². The average Bonchev–Trinajstić information content (AvgIpc) is 2.98. The van der Waals surface area contributed by atoms with E-state index in [-0.39, 0.29) is 49.0 Å². The lowest BCUT2D eigenvalue weighted by Crippen LogP contribution is -2.54. The van der Waals surface area contributed by atoms with Gasteiger partial charge in [-0.15, -0.1) is 0 Å². The van der Waals surface area contributed by atoms with Crippen molar-refractivity contribution in [1.29, 1.82) is 0 Å². The summed E-state index contributed by atoms with van der Waals surface area (Å²) >= 11 is 0. The van der Waals surface area contributed by atoms with Crippen molar-refractivity contribution in [3.63, 3.8) is 0 Å². The van der Waals surface area contributed by atoms with Crippen molar-refractivity contribution in [1.82, 2.24) is 20.9 Å². The first-order valence-electron chi connectivity index (χ1n) is 16.6. The van der Waals surface area contributed by atoms with Crippen LogP contribution < -0.4 is 27.0 Å². The highest BCUT2D eigenvalue weighted by molar-refractivity contribution is 5.98. The normalized spacial score (nSPS) is 12.8. The molecule has 0 fully saturated rings. The van der Waals surface area contributed by atoms with Crippen LogP contribution in [0.5, 0.6) is 0 Å². The number of hydrogen-bond acceptors (Lipinski definition) is 7. The van der Waals surface area contributed by atoms with Crippen LogP contribution in [-0.2, 0) is 30.5 Å². The number of nitrogens with two attached hydrogens (primary N) is 1. The van der Waals surface area contributed by atoms with Crippen LogP contribution in [0.4, 0.5) is 15.3 Å². The maximum absolute atomic E-state index is 13.3. The summed E-state index contributed by atoms with van der Waals surface area (Å²) in [6.45, 7) is 16.0. The van der Waals surface area contributed by atoms with Gasteiger partial charge in [-0.05, 0) is 54.7 Å². The van der Waals surface area contributed by atoms with Gasteiger partial charge in [0, 0.05) is 44.1 Å². The van der Waals surface area contributed by atoms with Crippen LogP contribution in [0.3, 0.4) is 0 Å². The molecular weight excluding hydrogens is 616 g/mol. The van der Waals surface area contributed by atoms with Gasteiger partial charge < -0.3 is 36.6 Å². The monoisotopic (exact) mass is 674 g/mol. The highest BCUT2D eigenvalue weighted by Gasteiger charge is 2.29. The van der Waals surface area contributed by atoms with Gasteiger partial charge in [-0.25, -0.2) is 9.59 Å². The highest BCUT2D eigenvalue weighted by atomic mass is 16.6. The van der Waals surface area contributed by atoms with Gasteiger partial charge in [-0.2, -0.15) is 0 Å². The van der Waals surface area contributed by atoms with Gasteiger partial charge in [0.15, 0.2) is 0 Å². The van der Waals surface area contributed by atoms with E-state index in [4.69, 9.17) is 10.5 Å². The van der Waals surface area contributed by atoms with Crippen LogP contribution in [0.2, 0.25) is 0 Å². The Morgan fingerprint density at radius 3 is 2.04 bits per heavy atom. The van der Waals surface area contributed by atoms with Gasteiger partial charge in [0.1, 0.15) is 24.5 Å². The number of rotatable bonds is 18. The summed E-state index contributed by atoms with van der Waals surface area (Å²) < 4.78 is 5.39. The number of ketones is 1. The number of amides is 6. The molecule has 0 bridgehead atoms. The molecule has 0 aliphatic rings. The van der Waals surface area contributed by atoms with Gasteiger partial charge in [0.2, 0.25) is 17.7 Å². The van der Waals surface area contributed by atoms with Gasteiger partial charge in [-0.1, -0.05) is 67.5 Å². The second-order valence-electron chi connectivity index (χ2n) is 14.8. The van der Waals surface area contributed by atoms with E-state index in [0.717, 1.165) is 0 Å². The standard InChI is InChI=1S/C35H58N6O7/c1-23(2)29(40-28(43)18-19-34(3,4)5)31(45)39-26(12-10-20-37-32(36)46)30(44)38-25-16-14-24(15-17-25)22-48-33(47)41(9)21-11-13-27(42)35(6,7)8/h14-17,23,26,29H,10-13,18-22H2,1-9H3,(H,38,44)(H,39,45)(H,40,43)(H3,36,37,46)/t26-,29-/m0/s1. The number of urea groups is 1. The molecule has 270 valence electrons. The van der Waals surface area contributed by atoms with E-state index in [0.29, 0.717) is 43.5 Å². The Hall–Kier alpha value is -4.16. The molecule has 0 aliphatic heterocycles. The van der Waals surface area contributed by atoms with Crippen LogP contribution in [-0.4, -0.2) is 72.7 Å². The SMILES string of the molecule is CC(C)[C@H](NC(=O)CCC(C)(C)C)C(=O)N[C@@H](CCCNC(N)=O)C(=O)Nc1ccc(COC(=O)N(C)CCCC(=O)C(C)(C)C)cc1. The van der Waals surface area contributed by atoms with Crippen molar-refractivity contribution in [2.75, 3.05) is 25.5 Å². The molecule has 0 heterocycles. The minimum atomic E-state index is -0.963. The fraction of sp³-hybridized carbons (Fsp3) is 0.657. The predicted molar refractivity (Wildman–Crippen MR) is 186 cm³/mol. The maximum Gasteiger partial charge on any atom is 0.409 e. The maximum atomic E-state index is 13.3. The van der Waals surface area contributed by atoms with Crippen molar-refractivity contribution in [3.05, 3.63) is 29.8 Å². The third-order valence-corrected chi connectivity index (χ3v) is 7.60. The van der Waals surface area contributed by atoms with E-state index in [1.165, 1.54) is 4.90 Å². The number of carbonyl (C=O) groups is 6. The summed E-state index contributed by atoms with van der Waals surface area (Å²) in [6, 6.07) is 4.22. The molecule has 0 aromatic heterocycles. The van der Waals surface area contributed by atoms with Crippen LogP contribution in [0.25, 0.3) is 0 Å². The number of anilines is 1. The van der Waals surface area contributed by atoms with Crippen LogP contribution in [0, 0.1) is 16.7 Å². The van der Waals surface area contributed by atoms with Crippen molar-refractivity contribution in [2.45, 2.75) is 113 Å². The van der Waals surface area contributed by atoms with Crippen LogP contribution in [0.15, 0.2) is 24.3 Å². The number of carbonyl (C=O) groups excluding carboxylic acids is 6. The van der Waals surface area contributed by atoms with Gasteiger partial charge in [0.05, 0.1) is 0 Å². The number of nitrogens with one attached hydrogen (secondary N) is 4. The molecule has 13 heteroatoms. The van der Waals surface area contributed by atoms with E-state index in [1.54, 1.807) is 31.3 Å². The molecule has 0 aliphatic carbocycles. The summed E-state index contributed by atoms with van der Waals surface area (Å²) in [5.41, 5.74) is 5.85. The van der Waals surface area contributed by atoms with Crippen molar-refractivity contribution in [2.24, 2.45) is 22.5 Å². The molecule has 13 nitrogen and oxygen atoms in total. The second kappa shape index (κ2) is 19.6. The Morgan fingerprint density at radius 2 is 1.50 bits per heavy atom. The van der Waals surface area contributed by atoms with E-state index in [9.17, 15) is 28.8 Å². The van der Waals surface area contributed by atoms with Gasteiger partial charge in [-0.3, -0.25) is 19.2 Å². The first kappa shape index (κ1) is 41.9. The summed E-state index contributed by atoms with van der Waals surface area (Å²) in [6.07, 6.45) is 1.91. The molecule has 1 aromatic carbocycles. The molecule has 6 N–H and O–H groups in total. The Bertz CT molecular complexity index is 1240. The van der Waals surface area contributed by atoms with Crippen LogP contribution >= 0.6 is 0 Å². The summed E-state index contributed by atoms with van der Waals surface area (Å²) in [4.78, 5) is 76.3. The Morgan fingerprint density at radius 1 is 0.875 bits per heavy atom. The molecular formula is C35H58N6O7. The quantitative estimate of drug-likeness (QED) is 0.142.